The van der Waals surface area contributed by atoms with Crippen molar-refractivity contribution in [2.75, 3.05) is 7.11 Å². The monoisotopic (exact) mass is 594 g/mol. The third kappa shape index (κ3) is 6.39. The van der Waals surface area contributed by atoms with Crippen LogP contribution in [0.5, 0.6) is 0 Å². The average molecular weight is 595 g/mol. The van der Waals surface area contributed by atoms with E-state index in [1.54, 1.807) is 24.3 Å². The molecular weight excluding hydrogens is 567 g/mol. The van der Waals surface area contributed by atoms with Gasteiger partial charge in [-0.1, -0.05) is 66.7 Å². The highest BCUT2D eigenvalue weighted by Gasteiger charge is 2.45. The number of halogens is 1. The second-order valence-corrected chi connectivity index (χ2v) is 12.4. The maximum absolute atomic E-state index is 11.6. The number of carbonyl (C=O) groups is 1. The van der Waals surface area contributed by atoms with Gasteiger partial charge < -0.3 is 21.7 Å². The normalized spacial score (nSPS) is 11.1. The summed E-state index contributed by atoms with van der Waals surface area (Å²) in [4.78, 5) is 11.6. The van der Waals surface area contributed by atoms with Crippen LogP contribution < -0.4 is 32.9 Å². The smallest absolute Gasteiger partial charge is 0.337 e. The maximum Gasteiger partial charge on any atom is 0.337 e. The molecule has 0 heterocycles. The molecule has 0 unspecified atom stereocenters. The van der Waals surface area contributed by atoms with Crippen molar-refractivity contribution in [2.24, 2.45) is 10.2 Å². The molecule has 5 aromatic carbocycles. The standard InChI is InChI=1S/C33H28N2O2P.BrH/c1-37-33(36)27-19-23-29(24-20-27)35-34-28-21-17-26(18-22-28)25-38(30-11-5-2-6-12-30,31-13-7-3-8-14-31)32-15-9-4-10-16-32;/h2-24H,25H2,1H3;1H/q+1;/p-1. The minimum atomic E-state index is -1.96. The molecule has 0 amide bonds. The lowest BCUT2D eigenvalue weighted by Gasteiger charge is -2.27. The van der Waals surface area contributed by atoms with E-state index < -0.39 is 7.26 Å². The number of carbonyl (C=O) groups excluding carboxylic acids is 1. The van der Waals surface area contributed by atoms with Gasteiger partial charge in [0.15, 0.2) is 0 Å². The predicted octanol–water partition coefficient (Wildman–Crippen LogP) is 4.39. The fraction of sp³-hybridized carbons (Fsp3) is 0.0606. The van der Waals surface area contributed by atoms with Crippen LogP contribution in [0, 0.1) is 0 Å². The summed E-state index contributed by atoms with van der Waals surface area (Å²) >= 11 is 0. The molecule has 39 heavy (non-hydrogen) atoms. The number of hydrogen-bond donors (Lipinski definition) is 0. The maximum atomic E-state index is 11.6. The van der Waals surface area contributed by atoms with Gasteiger partial charge in [0.1, 0.15) is 23.2 Å². The zero-order chi connectivity index (χ0) is 26.2. The van der Waals surface area contributed by atoms with Crippen molar-refractivity contribution in [3.8, 4) is 0 Å². The number of hydrogen-bond acceptors (Lipinski definition) is 4. The highest BCUT2D eigenvalue weighted by atomic mass is 79.9. The number of nitrogens with zero attached hydrogens (tertiary/aromatic N) is 2. The van der Waals surface area contributed by atoms with Crippen LogP contribution in [0.15, 0.2) is 150 Å². The van der Waals surface area contributed by atoms with Crippen molar-refractivity contribution in [2.45, 2.75) is 6.16 Å². The van der Waals surface area contributed by atoms with E-state index in [4.69, 9.17) is 4.74 Å². The highest BCUT2D eigenvalue weighted by molar-refractivity contribution is 7.95. The second kappa shape index (κ2) is 13.2. The first-order valence-corrected chi connectivity index (χ1v) is 14.4. The van der Waals surface area contributed by atoms with Crippen molar-refractivity contribution in [1.29, 1.82) is 0 Å². The summed E-state index contributed by atoms with van der Waals surface area (Å²) in [5.74, 6) is -0.371. The molecule has 5 aromatic rings. The van der Waals surface area contributed by atoms with Gasteiger partial charge in [0.05, 0.1) is 30.2 Å². The number of benzene rings is 5. The van der Waals surface area contributed by atoms with E-state index >= 15 is 0 Å². The van der Waals surface area contributed by atoms with Gasteiger partial charge in [-0.25, -0.2) is 4.79 Å². The van der Waals surface area contributed by atoms with Crippen molar-refractivity contribution in [3.05, 3.63) is 151 Å². The first kappa shape index (κ1) is 28.1. The Balaban J connectivity index is 0.00000353. The van der Waals surface area contributed by atoms with Crippen LogP contribution in [-0.2, 0) is 10.9 Å². The van der Waals surface area contributed by atoms with E-state index in [0.29, 0.717) is 11.3 Å². The van der Waals surface area contributed by atoms with Crippen LogP contribution in [0.25, 0.3) is 0 Å². The van der Waals surface area contributed by atoms with E-state index in [-0.39, 0.29) is 23.0 Å². The van der Waals surface area contributed by atoms with E-state index in [9.17, 15) is 4.79 Å². The number of azo groups is 1. The first-order valence-electron chi connectivity index (χ1n) is 12.4. The van der Waals surface area contributed by atoms with Gasteiger partial charge in [-0.15, -0.1) is 0 Å². The summed E-state index contributed by atoms with van der Waals surface area (Å²) < 4.78 is 4.74. The summed E-state index contributed by atoms with van der Waals surface area (Å²) in [5.41, 5.74) is 3.17. The van der Waals surface area contributed by atoms with Crippen LogP contribution in [0.1, 0.15) is 15.9 Å². The molecule has 0 radical (unpaired) electrons. The zero-order valence-corrected chi connectivity index (χ0v) is 24.0. The molecule has 5 rings (SSSR count). The van der Waals surface area contributed by atoms with Crippen LogP contribution >= 0.6 is 7.26 Å². The third-order valence-corrected chi connectivity index (χ3v) is 10.9. The summed E-state index contributed by atoms with van der Waals surface area (Å²) in [7, 11) is -0.595. The lowest BCUT2D eigenvalue weighted by molar-refractivity contribution is -0.0000220. The van der Waals surface area contributed by atoms with Crippen molar-refractivity contribution < 1.29 is 26.5 Å². The van der Waals surface area contributed by atoms with Crippen LogP contribution in [0.3, 0.4) is 0 Å². The molecule has 0 bridgehead atoms. The molecule has 0 spiro atoms. The van der Waals surface area contributed by atoms with Crippen molar-refractivity contribution >= 4 is 40.5 Å². The Labute approximate surface area is 240 Å². The molecule has 0 aliphatic rings. The van der Waals surface area contributed by atoms with Gasteiger partial charge in [-0.05, 0) is 78.4 Å². The molecule has 0 aliphatic heterocycles. The Hall–Kier alpha value is -3.92. The van der Waals surface area contributed by atoms with Crippen molar-refractivity contribution in [1.82, 2.24) is 0 Å². The Morgan fingerprint density at radius 3 is 1.36 bits per heavy atom. The summed E-state index contributed by atoms with van der Waals surface area (Å²) in [5, 5.41) is 12.8. The van der Waals surface area contributed by atoms with E-state index in [2.05, 4.69) is 113 Å². The molecule has 0 fully saturated rings. The van der Waals surface area contributed by atoms with E-state index in [1.165, 1.54) is 28.6 Å². The van der Waals surface area contributed by atoms with Gasteiger partial charge in [-0.3, -0.25) is 0 Å². The van der Waals surface area contributed by atoms with E-state index in [0.717, 1.165) is 11.8 Å². The second-order valence-electron chi connectivity index (χ2n) is 8.88. The summed E-state index contributed by atoms with van der Waals surface area (Å²) in [6.45, 7) is 0. The fourth-order valence-electron chi connectivity index (χ4n) is 4.61. The molecule has 0 saturated heterocycles. The van der Waals surface area contributed by atoms with E-state index in [1.807, 2.05) is 12.1 Å². The molecule has 4 nitrogen and oxygen atoms in total. The molecule has 194 valence electrons. The quantitative estimate of drug-likeness (QED) is 0.152. The Morgan fingerprint density at radius 1 is 0.590 bits per heavy atom. The SMILES string of the molecule is COC(=O)c1ccc(N=Nc2ccc(C[P+](c3ccccc3)(c3ccccc3)c3ccccc3)cc2)cc1.[Br-]. The third-order valence-electron chi connectivity index (χ3n) is 6.52. The Kier molecular flexibility index (Phi) is 9.54. The van der Waals surface area contributed by atoms with Gasteiger partial charge in [-0.2, -0.15) is 10.2 Å². The van der Waals surface area contributed by atoms with Gasteiger partial charge >= 0.3 is 5.97 Å². The largest absolute Gasteiger partial charge is 1.00 e. The van der Waals surface area contributed by atoms with Crippen LogP contribution in [-0.4, -0.2) is 13.1 Å². The lowest BCUT2D eigenvalue weighted by atomic mass is 10.2. The lowest BCUT2D eigenvalue weighted by Crippen LogP contribution is -3.00. The predicted molar refractivity (Wildman–Crippen MR) is 157 cm³/mol. The number of esters is 1. The van der Waals surface area contributed by atoms with Gasteiger partial charge in [0.2, 0.25) is 0 Å². The van der Waals surface area contributed by atoms with Gasteiger partial charge in [0, 0.05) is 0 Å². The summed E-state index contributed by atoms with van der Waals surface area (Å²) in [6.07, 6.45) is 0.900. The minimum Gasteiger partial charge on any atom is -1.00 e. The molecule has 0 atom stereocenters. The average Bonchev–Trinajstić information content (AvgIpc) is 3.00. The topological polar surface area (TPSA) is 51.0 Å². The molecular formula is C33H28BrN2O2P. The zero-order valence-electron chi connectivity index (χ0n) is 21.5. The minimum absolute atomic E-state index is 0. The highest BCUT2D eigenvalue weighted by Crippen LogP contribution is 2.58. The Bertz CT molecular complexity index is 1410. The molecule has 0 saturated carbocycles. The molecule has 6 heteroatoms. The van der Waals surface area contributed by atoms with Crippen LogP contribution in [0.4, 0.5) is 11.4 Å². The van der Waals surface area contributed by atoms with Crippen molar-refractivity contribution in [3.63, 3.8) is 0 Å². The Morgan fingerprint density at radius 2 is 0.974 bits per heavy atom. The van der Waals surface area contributed by atoms with Crippen LogP contribution in [0.2, 0.25) is 0 Å². The summed E-state index contributed by atoms with van der Waals surface area (Å²) in [6, 6.07) is 47.8. The molecule has 0 N–H and O–H groups in total. The molecule has 0 aliphatic carbocycles. The fourth-order valence-corrected chi connectivity index (χ4v) is 8.85. The first-order chi connectivity index (χ1) is 18.7. The van der Waals surface area contributed by atoms with Gasteiger partial charge in [0.25, 0.3) is 0 Å². The number of ether oxygens (including phenoxy) is 1. The number of methoxy groups -OCH3 is 1. The molecule has 0 aromatic heterocycles. The number of rotatable bonds is 8.